The zero-order chi connectivity index (χ0) is 13.9. The monoisotopic (exact) mass is 267 g/mol. The van der Waals surface area contributed by atoms with E-state index in [1.54, 1.807) is 0 Å². The molecule has 1 aliphatic heterocycles. The third-order valence-electron chi connectivity index (χ3n) is 5.22. The highest BCUT2D eigenvalue weighted by Gasteiger charge is 2.40. The van der Waals surface area contributed by atoms with Gasteiger partial charge < -0.3 is 10.6 Å². The summed E-state index contributed by atoms with van der Waals surface area (Å²) in [5.74, 6) is 0.955. The summed E-state index contributed by atoms with van der Waals surface area (Å²) in [6, 6.07) is 0.623. The lowest BCUT2D eigenvalue weighted by atomic mass is 9.87. The van der Waals surface area contributed by atoms with E-state index in [9.17, 15) is 0 Å². The van der Waals surface area contributed by atoms with Crippen molar-refractivity contribution in [3.05, 3.63) is 0 Å². The molecule has 0 aromatic rings. The predicted molar refractivity (Wildman–Crippen MR) is 82.3 cm³/mol. The molecular weight excluding hydrogens is 234 g/mol. The molecule has 0 bridgehead atoms. The van der Waals surface area contributed by atoms with Gasteiger partial charge in [0.1, 0.15) is 0 Å². The van der Waals surface area contributed by atoms with Crippen molar-refractivity contribution in [2.24, 2.45) is 11.7 Å². The van der Waals surface area contributed by atoms with Crippen LogP contribution in [0, 0.1) is 5.92 Å². The fraction of sp³-hybridized carbons (Fsp3) is 1.00. The van der Waals surface area contributed by atoms with Crippen LogP contribution >= 0.6 is 0 Å². The lowest BCUT2D eigenvalue weighted by molar-refractivity contribution is 0.0434. The molecule has 0 spiro atoms. The van der Waals surface area contributed by atoms with Crippen molar-refractivity contribution < 1.29 is 0 Å². The molecular formula is C16H33N3. The normalized spacial score (nSPS) is 30.0. The molecule has 2 rings (SSSR count). The topological polar surface area (TPSA) is 32.5 Å². The average molecular weight is 267 g/mol. The molecule has 1 atom stereocenters. The first-order valence-corrected chi connectivity index (χ1v) is 8.30. The standard InChI is InChI=1S/C16H33N3/c1-4-18-10-5-8-16(13-17,9-11-18)19(14(2)3)12-15-6-7-15/h14-15H,4-13,17H2,1-3H3. The SMILES string of the molecule is CCN1CCCC(CN)(N(CC2CC2)C(C)C)CC1. The van der Waals surface area contributed by atoms with Crippen LogP contribution in [0.2, 0.25) is 0 Å². The number of hydrogen-bond acceptors (Lipinski definition) is 3. The molecule has 3 nitrogen and oxygen atoms in total. The molecule has 1 heterocycles. The minimum absolute atomic E-state index is 0.265. The maximum Gasteiger partial charge on any atom is 0.0347 e. The Labute approximate surface area is 119 Å². The van der Waals surface area contributed by atoms with Gasteiger partial charge in [0, 0.05) is 24.7 Å². The second-order valence-corrected chi connectivity index (χ2v) is 6.91. The summed E-state index contributed by atoms with van der Waals surface area (Å²) < 4.78 is 0. The molecule has 0 aromatic carbocycles. The van der Waals surface area contributed by atoms with Crippen molar-refractivity contribution in [3.63, 3.8) is 0 Å². The average Bonchev–Trinajstić information content (AvgIpc) is 3.22. The Morgan fingerprint density at radius 3 is 2.53 bits per heavy atom. The highest BCUT2D eigenvalue weighted by molar-refractivity contribution is 4.97. The summed E-state index contributed by atoms with van der Waals surface area (Å²) in [6.07, 6.45) is 6.71. The maximum absolute atomic E-state index is 6.27. The van der Waals surface area contributed by atoms with Crippen molar-refractivity contribution in [1.29, 1.82) is 0 Å². The van der Waals surface area contributed by atoms with Gasteiger partial charge in [-0.2, -0.15) is 0 Å². The second kappa shape index (κ2) is 6.55. The van der Waals surface area contributed by atoms with Gasteiger partial charge in [-0.3, -0.25) is 4.90 Å². The molecule has 3 heteroatoms. The smallest absolute Gasteiger partial charge is 0.0347 e. The number of nitrogens with zero attached hydrogens (tertiary/aromatic N) is 2. The molecule has 19 heavy (non-hydrogen) atoms. The van der Waals surface area contributed by atoms with E-state index >= 15 is 0 Å². The van der Waals surface area contributed by atoms with Gasteiger partial charge in [-0.1, -0.05) is 6.92 Å². The van der Waals surface area contributed by atoms with Crippen molar-refractivity contribution in [2.75, 3.05) is 32.7 Å². The fourth-order valence-corrected chi connectivity index (χ4v) is 3.69. The molecule has 2 fully saturated rings. The van der Waals surface area contributed by atoms with Crippen molar-refractivity contribution >= 4 is 0 Å². The van der Waals surface area contributed by atoms with Gasteiger partial charge in [-0.25, -0.2) is 0 Å². The van der Waals surface area contributed by atoms with Crippen LogP contribution in [0.15, 0.2) is 0 Å². The van der Waals surface area contributed by atoms with Crippen LogP contribution in [-0.4, -0.2) is 54.1 Å². The molecule has 1 unspecified atom stereocenters. The quantitative estimate of drug-likeness (QED) is 0.801. The Balaban J connectivity index is 2.08. The van der Waals surface area contributed by atoms with Gasteiger partial charge in [0.05, 0.1) is 0 Å². The summed E-state index contributed by atoms with van der Waals surface area (Å²) >= 11 is 0. The van der Waals surface area contributed by atoms with Crippen LogP contribution in [0.25, 0.3) is 0 Å². The van der Waals surface area contributed by atoms with Crippen LogP contribution in [0.5, 0.6) is 0 Å². The predicted octanol–water partition coefficient (Wildman–Crippen LogP) is 2.31. The van der Waals surface area contributed by atoms with Gasteiger partial charge >= 0.3 is 0 Å². The van der Waals surface area contributed by atoms with Crippen LogP contribution in [0.1, 0.15) is 52.9 Å². The molecule has 0 aromatic heterocycles. The summed E-state index contributed by atoms with van der Waals surface area (Å²) in [6.45, 7) is 12.8. The lowest BCUT2D eigenvalue weighted by Gasteiger charge is -2.46. The number of likely N-dealkylation sites (tertiary alicyclic amines) is 1. The van der Waals surface area contributed by atoms with Crippen molar-refractivity contribution in [3.8, 4) is 0 Å². The largest absolute Gasteiger partial charge is 0.329 e. The van der Waals surface area contributed by atoms with Gasteiger partial charge in [0.2, 0.25) is 0 Å². The number of nitrogens with two attached hydrogens (primary N) is 1. The Kier molecular flexibility index (Phi) is 5.27. The highest BCUT2D eigenvalue weighted by Crippen LogP contribution is 2.36. The zero-order valence-corrected chi connectivity index (χ0v) is 13.2. The summed E-state index contributed by atoms with van der Waals surface area (Å²) in [7, 11) is 0. The summed E-state index contributed by atoms with van der Waals surface area (Å²) in [4.78, 5) is 5.34. The first-order chi connectivity index (χ1) is 9.11. The summed E-state index contributed by atoms with van der Waals surface area (Å²) in [5.41, 5.74) is 6.53. The minimum atomic E-state index is 0.265. The fourth-order valence-electron chi connectivity index (χ4n) is 3.69. The molecule has 2 aliphatic rings. The Morgan fingerprint density at radius 2 is 2.00 bits per heavy atom. The van der Waals surface area contributed by atoms with Crippen molar-refractivity contribution in [1.82, 2.24) is 9.80 Å². The zero-order valence-electron chi connectivity index (χ0n) is 13.2. The molecule has 1 saturated heterocycles. The van der Waals surface area contributed by atoms with E-state index in [2.05, 4.69) is 30.6 Å². The molecule has 0 amide bonds. The second-order valence-electron chi connectivity index (χ2n) is 6.91. The lowest BCUT2D eigenvalue weighted by Crippen LogP contribution is -2.57. The highest BCUT2D eigenvalue weighted by atomic mass is 15.2. The third-order valence-corrected chi connectivity index (χ3v) is 5.22. The van der Waals surface area contributed by atoms with E-state index < -0.39 is 0 Å². The van der Waals surface area contributed by atoms with Crippen LogP contribution in [-0.2, 0) is 0 Å². The Morgan fingerprint density at radius 1 is 1.26 bits per heavy atom. The van der Waals surface area contributed by atoms with Gasteiger partial charge in [-0.05, 0) is 71.5 Å². The van der Waals surface area contributed by atoms with E-state index in [0.29, 0.717) is 6.04 Å². The molecule has 1 saturated carbocycles. The van der Waals surface area contributed by atoms with Gasteiger partial charge in [-0.15, -0.1) is 0 Å². The van der Waals surface area contributed by atoms with E-state index in [1.165, 1.54) is 58.3 Å². The van der Waals surface area contributed by atoms with Crippen LogP contribution in [0.4, 0.5) is 0 Å². The first kappa shape index (κ1) is 15.3. The first-order valence-electron chi connectivity index (χ1n) is 8.30. The van der Waals surface area contributed by atoms with Crippen LogP contribution in [0.3, 0.4) is 0 Å². The summed E-state index contributed by atoms with van der Waals surface area (Å²) in [5, 5.41) is 0. The van der Waals surface area contributed by atoms with E-state index in [0.717, 1.165) is 12.5 Å². The maximum atomic E-state index is 6.27. The Bertz CT molecular complexity index is 275. The van der Waals surface area contributed by atoms with E-state index in [4.69, 9.17) is 5.73 Å². The third kappa shape index (κ3) is 3.71. The minimum Gasteiger partial charge on any atom is -0.329 e. The number of hydrogen-bond donors (Lipinski definition) is 1. The van der Waals surface area contributed by atoms with Gasteiger partial charge in [0.25, 0.3) is 0 Å². The molecule has 0 radical (unpaired) electrons. The van der Waals surface area contributed by atoms with E-state index in [1.807, 2.05) is 0 Å². The molecule has 2 N–H and O–H groups in total. The number of rotatable bonds is 6. The molecule has 112 valence electrons. The Hall–Kier alpha value is -0.120. The van der Waals surface area contributed by atoms with Crippen molar-refractivity contribution in [2.45, 2.75) is 64.5 Å². The van der Waals surface area contributed by atoms with E-state index in [-0.39, 0.29) is 5.54 Å². The van der Waals surface area contributed by atoms with Gasteiger partial charge in [0.15, 0.2) is 0 Å². The molecule has 1 aliphatic carbocycles. The van der Waals surface area contributed by atoms with Crippen LogP contribution < -0.4 is 5.73 Å².